The zero-order chi connectivity index (χ0) is 26.7. The van der Waals surface area contributed by atoms with Crippen LogP contribution in [-0.4, -0.2) is 46.5 Å². The van der Waals surface area contributed by atoms with Crippen LogP contribution >= 0.6 is 0 Å². The molecule has 0 aliphatic carbocycles. The lowest BCUT2D eigenvalue weighted by atomic mass is 10.0. The van der Waals surface area contributed by atoms with Gasteiger partial charge in [-0.25, -0.2) is 4.79 Å². The van der Waals surface area contributed by atoms with Crippen molar-refractivity contribution in [2.75, 3.05) is 12.3 Å². The summed E-state index contributed by atoms with van der Waals surface area (Å²) in [5, 5.41) is 5.10. The van der Waals surface area contributed by atoms with E-state index in [1.54, 1.807) is 0 Å². The third-order valence-electron chi connectivity index (χ3n) is 6.44. The molecule has 2 heterocycles. The Bertz CT molecular complexity index is 1310. The predicted octanol–water partition coefficient (Wildman–Crippen LogP) is 3.66. The van der Waals surface area contributed by atoms with Gasteiger partial charge in [-0.1, -0.05) is 43.3 Å². The zero-order valence-electron chi connectivity index (χ0n) is 22.0. The molecule has 9 heteroatoms. The summed E-state index contributed by atoms with van der Waals surface area (Å²) in [7, 11) is 0. The van der Waals surface area contributed by atoms with Crippen molar-refractivity contribution in [3.8, 4) is 0 Å². The fourth-order valence-electron chi connectivity index (χ4n) is 4.61. The molecule has 4 atom stereocenters. The zero-order valence-corrected chi connectivity index (χ0v) is 22.0. The van der Waals surface area contributed by atoms with E-state index in [1.807, 2.05) is 77.1 Å². The third-order valence-corrected chi connectivity index (χ3v) is 6.44. The van der Waals surface area contributed by atoms with Crippen molar-refractivity contribution in [2.45, 2.75) is 71.8 Å². The molecule has 3 N–H and O–H groups in total. The quantitative estimate of drug-likeness (QED) is 0.453. The maximum atomic E-state index is 13.1. The lowest BCUT2D eigenvalue weighted by Crippen LogP contribution is -2.36. The summed E-state index contributed by atoms with van der Waals surface area (Å²) >= 11 is 0. The molecule has 1 amide bonds. The Morgan fingerprint density at radius 1 is 1.14 bits per heavy atom. The molecule has 37 heavy (non-hydrogen) atoms. The van der Waals surface area contributed by atoms with Gasteiger partial charge in [0.15, 0.2) is 0 Å². The number of nitrogens with one attached hydrogen (secondary N) is 1. The standard InChI is InChI=1S/C28H36N4O5/c1-16(2)35-15-23-24(36-17(3)4)18(5)27(37-23)32-14-22(25(29)31-28(32)34)26(33)30-13-19-10-11-20-8-6-7-9-21(20)12-19/h6-12,14,16-18,23-24,27H,13,15H2,1-5H3,(H,30,33)(H2,29,31,34)/t18?,23-,24-,27-/m1/s1. The number of nitrogen functional groups attached to an aromatic ring is 1. The average molecular weight is 509 g/mol. The monoisotopic (exact) mass is 508 g/mol. The number of anilines is 1. The molecule has 3 aromatic rings. The second-order valence-electron chi connectivity index (χ2n) is 10.0. The average Bonchev–Trinajstić information content (AvgIpc) is 3.15. The minimum atomic E-state index is -0.683. The van der Waals surface area contributed by atoms with Crippen molar-refractivity contribution < 1.29 is 19.0 Å². The number of rotatable bonds is 9. The molecule has 2 aromatic carbocycles. The summed E-state index contributed by atoms with van der Waals surface area (Å²) < 4.78 is 19.5. The van der Waals surface area contributed by atoms with E-state index in [0.29, 0.717) is 13.2 Å². The van der Waals surface area contributed by atoms with Gasteiger partial charge in [0.2, 0.25) is 0 Å². The molecule has 9 nitrogen and oxygen atoms in total. The van der Waals surface area contributed by atoms with Crippen molar-refractivity contribution in [1.29, 1.82) is 0 Å². The largest absolute Gasteiger partial charge is 0.383 e. The first-order valence-corrected chi connectivity index (χ1v) is 12.7. The minimum Gasteiger partial charge on any atom is -0.383 e. The maximum absolute atomic E-state index is 13.1. The van der Waals surface area contributed by atoms with Crippen molar-refractivity contribution >= 4 is 22.5 Å². The summed E-state index contributed by atoms with van der Waals surface area (Å²) in [5.74, 6) is -0.746. The van der Waals surface area contributed by atoms with Crippen LogP contribution in [0, 0.1) is 5.92 Å². The molecule has 0 radical (unpaired) electrons. The van der Waals surface area contributed by atoms with E-state index in [0.717, 1.165) is 16.3 Å². The number of nitrogens with zero attached hydrogens (tertiary/aromatic N) is 2. The van der Waals surface area contributed by atoms with Gasteiger partial charge in [-0.3, -0.25) is 9.36 Å². The van der Waals surface area contributed by atoms with Gasteiger partial charge in [-0.05, 0) is 50.1 Å². The summed E-state index contributed by atoms with van der Waals surface area (Å²) in [6.07, 6.45) is 0.0696. The molecular formula is C28H36N4O5. The number of aromatic nitrogens is 2. The Hall–Kier alpha value is -3.27. The molecule has 4 rings (SSSR count). The number of benzene rings is 2. The number of fused-ring (bicyclic) bond motifs is 1. The second kappa shape index (κ2) is 11.4. The maximum Gasteiger partial charge on any atom is 0.351 e. The number of hydrogen-bond donors (Lipinski definition) is 2. The van der Waals surface area contributed by atoms with E-state index in [9.17, 15) is 9.59 Å². The van der Waals surface area contributed by atoms with Crippen LogP contribution in [0.15, 0.2) is 53.5 Å². The first-order chi connectivity index (χ1) is 17.6. The SMILES string of the molecule is CC(C)OC[C@H]1O[C@@H](n2cc(C(=O)NCc3ccc4ccccc4c3)c(N)nc2=O)C(C)[C@H]1OC(C)C. The topological polar surface area (TPSA) is 118 Å². The van der Waals surface area contributed by atoms with Crippen molar-refractivity contribution in [1.82, 2.24) is 14.9 Å². The van der Waals surface area contributed by atoms with Crippen molar-refractivity contribution in [3.63, 3.8) is 0 Å². The van der Waals surface area contributed by atoms with E-state index in [-0.39, 0.29) is 41.7 Å². The number of nitrogens with two attached hydrogens (primary N) is 1. The van der Waals surface area contributed by atoms with Gasteiger partial charge >= 0.3 is 5.69 Å². The van der Waals surface area contributed by atoms with Crippen LogP contribution in [-0.2, 0) is 20.8 Å². The molecular weight excluding hydrogens is 472 g/mol. The summed E-state index contributed by atoms with van der Waals surface area (Å²) in [6.45, 7) is 10.4. The molecule has 1 unspecified atom stereocenters. The molecule has 0 saturated carbocycles. The lowest BCUT2D eigenvalue weighted by Gasteiger charge is -2.24. The van der Waals surface area contributed by atoms with Gasteiger partial charge in [0.25, 0.3) is 5.91 Å². The highest BCUT2D eigenvalue weighted by Crippen LogP contribution is 2.37. The number of carbonyl (C=O) groups is 1. The number of amides is 1. The van der Waals surface area contributed by atoms with Gasteiger partial charge in [0.05, 0.1) is 30.5 Å². The van der Waals surface area contributed by atoms with Crippen LogP contribution in [0.2, 0.25) is 0 Å². The van der Waals surface area contributed by atoms with Gasteiger partial charge in [-0.15, -0.1) is 0 Å². The fourth-order valence-corrected chi connectivity index (χ4v) is 4.61. The normalized spacial score (nSPS) is 21.7. The highest BCUT2D eigenvalue weighted by molar-refractivity contribution is 5.98. The van der Waals surface area contributed by atoms with E-state index < -0.39 is 17.8 Å². The van der Waals surface area contributed by atoms with Crippen LogP contribution in [0.4, 0.5) is 5.82 Å². The highest BCUT2D eigenvalue weighted by Gasteiger charge is 2.45. The van der Waals surface area contributed by atoms with Crippen LogP contribution in [0.5, 0.6) is 0 Å². The van der Waals surface area contributed by atoms with Crippen LogP contribution in [0.1, 0.15) is 56.8 Å². The number of ether oxygens (including phenoxy) is 3. The first kappa shape index (κ1) is 26.8. The summed E-state index contributed by atoms with van der Waals surface area (Å²) in [6, 6.07) is 14.0. The lowest BCUT2D eigenvalue weighted by molar-refractivity contribution is -0.0966. The molecule has 1 aliphatic rings. The third kappa shape index (κ3) is 6.18. The number of hydrogen-bond acceptors (Lipinski definition) is 7. The highest BCUT2D eigenvalue weighted by atomic mass is 16.6. The number of carbonyl (C=O) groups excluding carboxylic acids is 1. The molecule has 198 valence electrons. The Morgan fingerprint density at radius 3 is 2.57 bits per heavy atom. The van der Waals surface area contributed by atoms with Crippen LogP contribution in [0.25, 0.3) is 10.8 Å². The molecule has 0 bridgehead atoms. The Labute approximate surface area is 216 Å². The Kier molecular flexibility index (Phi) is 8.26. The Balaban J connectivity index is 1.54. The summed E-state index contributed by atoms with van der Waals surface area (Å²) in [4.78, 5) is 29.8. The van der Waals surface area contributed by atoms with E-state index in [2.05, 4.69) is 10.3 Å². The van der Waals surface area contributed by atoms with E-state index in [1.165, 1.54) is 10.8 Å². The summed E-state index contributed by atoms with van der Waals surface area (Å²) in [5.41, 5.74) is 6.47. The van der Waals surface area contributed by atoms with Gasteiger partial charge < -0.3 is 25.3 Å². The minimum absolute atomic E-state index is 0.0245. The fraction of sp³-hybridized carbons (Fsp3) is 0.464. The van der Waals surface area contributed by atoms with E-state index >= 15 is 0 Å². The smallest absolute Gasteiger partial charge is 0.351 e. The van der Waals surface area contributed by atoms with Gasteiger partial charge in [-0.2, -0.15) is 4.98 Å². The predicted molar refractivity (Wildman–Crippen MR) is 142 cm³/mol. The van der Waals surface area contributed by atoms with Crippen molar-refractivity contribution in [3.05, 3.63) is 70.3 Å². The van der Waals surface area contributed by atoms with Crippen LogP contribution < -0.4 is 16.7 Å². The molecule has 1 aromatic heterocycles. The molecule has 0 spiro atoms. The first-order valence-electron chi connectivity index (χ1n) is 12.7. The Morgan fingerprint density at radius 2 is 1.86 bits per heavy atom. The van der Waals surface area contributed by atoms with Gasteiger partial charge in [0.1, 0.15) is 18.1 Å². The van der Waals surface area contributed by atoms with E-state index in [4.69, 9.17) is 19.9 Å². The van der Waals surface area contributed by atoms with Crippen LogP contribution in [0.3, 0.4) is 0 Å². The van der Waals surface area contributed by atoms with Gasteiger partial charge in [0, 0.05) is 18.7 Å². The molecule has 1 saturated heterocycles. The second-order valence-corrected chi connectivity index (χ2v) is 10.0. The van der Waals surface area contributed by atoms with Crippen molar-refractivity contribution in [2.24, 2.45) is 5.92 Å². The molecule has 1 aliphatic heterocycles. The molecule has 1 fully saturated rings.